The highest BCUT2D eigenvalue weighted by Crippen LogP contribution is 2.65. The van der Waals surface area contributed by atoms with Gasteiger partial charge >= 0.3 is 0 Å². The number of benzene rings is 1. The molecule has 116 valence electrons. The first-order chi connectivity index (χ1) is 11.2. The lowest BCUT2D eigenvalue weighted by molar-refractivity contribution is -0.150. The summed E-state index contributed by atoms with van der Waals surface area (Å²) in [6.45, 7) is 0. The van der Waals surface area contributed by atoms with Crippen molar-refractivity contribution in [3.05, 3.63) is 48.0 Å². The van der Waals surface area contributed by atoms with Crippen LogP contribution in [0.15, 0.2) is 42.5 Å². The van der Waals surface area contributed by atoms with Crippen LogP contribution in [0.2, 0.25) is 0 Å². The molecule has 6 rings (SSSR count). The average Bonchev–Trinajstić information content (AvgIpc) is 3.33. The van der Waals surface area contributed by atoms with Crippen molar-refractivity contribution in [2.45, 2.75) is 12.8 Å². The molecule has 6 atom stereocenters. The second-order valence-electron chi connectivity index (χ2n) is 7.22. The minimum Gasteiger partial charge on any atom is -0.274 e. The fraction of sp³-hybridized carbons (Fsp3) is 0.421. The fourth-order valence-electron chi connectivity index (χ4n) is 5.05. The molecule has 0 spiro atoms. The third-order valence-electron chi connectivity index (χ3n) is 6.11. The number of hydrogen-bond donors (Lipinski definition) is 0. The van der Waals surface area contributed by atoms with Crippen LogP contribution in [0.25, 0.3) is 0 Å². The summed E-state index contributed by atoms with van der Waals surface area (Å²) in [5, 5.41) is 0. The van der Waals surface area contributed by atoms with E-state index in [-0.39, 0.29) is 47.8 Å². The Labute approximate surface area is 134 Å². The zero-order valence-electron chi connectivity index (χ0n) is 12.6. The van der Waals surface area contributed by atoms with E-state index in [2.05, 4.69) is 12.2 Å². The van der Waals surface area contributed by atoms with Crippen molar-refractivity contribution in [3.63, 3.8) is 0 Å². The first-order valence-corrected chi connectivity index (χ1v) is 8.29. The standard InChI is InChI=1S/C19H17NO3/c21-15(8-10-4-2-1-3-5-10)20-18(22)16-11-6-7-12(14-9-13(11)14)17(16)19(20)23/h1-7,11-14,16-17H,8-9H2/t11-,12-,13-,14-,16-,17+/m0/s1. The number of likely N-dealkylation sites (tertiary alicyclic amines) is 1. The summed E-state index contributed by atoms with van der Waals surface area (Å²) >= 11 is 0. The minimum absolute atomic E-state index is 0.105. The van der Waals surface area contributed by atoms with Crippen LogP contribution in [-0.2, 0) is 20.8 Å². The smallest absolute Gasteiger partial charge is 0.240 e. The Bertz CT molecular complexity index is 717. The van der Waals surface area contributed by atoms with Gasteiger partial charge < -0.3 is 0 Å². The van der Waals surface area contributed by atoms with Crippen LogP contribution in [0.3, 0.4) is 0 Å². The van der Waals surface area contributed by atoms with Crippen LogP contribution in [0.5, 0.6) is 0 Å². The summed E-state index contributed by atoms with van der Waals surface area (Å²) in [6, 6.07) is 9.28. The molecule has 1 aromatic carbocycles. The van der Waals surface area contributed by atoms with Crippen LogP contribution in [0.4, 0.5) is 0 Å². The van der Waals surface area contributed by atoms with Crippen molar-refractivity contribution in [2.75, 3.05) is 0 Å². The summed E-state index contributed by atoms with van der Waals surface area (Å²) in [7, 11) is 0. The third-order valence-corrected chi connectivity index (χ3v) is 6.11. The lowest BCUT2D eigenvalue weighted by atomic mass is 9.63. The number of amides is 3. The third kappa shape index (κ3) is 1.69. The monoisotopic (exact) mass is 307 g/mol. The summed E-state index contributed by atoms with van der Waals surface area (Å²) < 4.78 is 0. The van der Waals surface area contributed by atoms with Crippen molar-refractivity contribution in [2.24, 2.45) is 35.5 Å². The highest BCUT2D eigenvalue weighted by Gasteiger charge is 2.67. The zero-order chi connectivity index (χ0) is 15.7. The Hall–Kier alpha value is -2.23. The molecule has 0 unspecified atom stereocenters. The van der Waals surface area contributed by atoms with Crippen molar-refractivity contribution < 1.29 is 14.4 Å². The number of hydrogen-bond acceptors (Lipinski definition) is 3. The highest BCUT2D eigenvalue weighted by molar-refractivity contribution is 6.18. The number of rotatable bonds is 2. The van der Waals surface area contributed by atoms with Gasteiger partial charge in [0.2, 0.25) is 17.7 Å². The van der Waals surface area contributed by atoms with E-state index in [1.54, 1.807) is 0 Å². The molecule has 2 saturated carbocycles. The van der Waals surface area contributed by atoms with Gasteiger partial charge in [-0.05, 0) is 35.7 Å². The molecule has 0 N–H and O–H groups in total. The molecule has 4 aliphatic carbocycles. The highest BCUT2D eigenvalue weighted by atomic mass is 16.2. The van der Waals surface area contributed by atoms with Crippen molar-refractivity contribution in [1.29, 1.82) is 0 Å². The number of nitrogens with zero attached hydrogens (tertiary/aromatic N) is 1. The molecule has 1 saturated heterocycles. The molecule has 3 fully saturated rings. The molecule has 3 amide bonds. The summed E-state index contributed by atoms with van der Waals surface area (Å²) in [4.78, 5) is 39.1. The van der Waals surface area contributed by atoms with Crippen molar-refractivity contribution in [3.8, 4) is 0 Å². The molecular formula is C19H17NO3. The quantitative estimate of drug-likeness (QED) is 0.618. The second kappa shape index (κ2) is 4.40. The largest absolute Gasteiger partial charge is 0.274 e. The average molecular weight is 307 g/mol. The Kier molecular flexibility index (Phi) is 2.53. The van der Waals surface area contributed by atoms with Gasteiger partial charge in [-0.3, -0.25) is 14.4 Å². The van der Waals surface area contributed by atoms with Crippen LogP contribution in [0, 0.1) is 35.5 Å². The van der Waals surface area contributed by atoms with Crippen LogP contribution in [0.1, 0.15) is 12.0 Å². The van der Waals surface area contributed by atoms with Gasteiger partial charge in [-0.2, -0.15) is 0 Å². The van der Waals surface area contributed by atoms with E-state index in [0.717, 1.165) is 16.9 Å². The Morgan fingerprint density at radius 2 is 1.52 bits per heavy atom. The SMILES string of the molecule is O=C(Cc1ccccc1)N1C(=O)[C@@H]2[C@H]3C=C[C@@H]([C@@H]4C[C@@H]34)[C@@H]2C1=O. The summed E-state index contributed by atoms with van der Waals surface area (Å²) in [5.41, 5.74) is 0.830. The van der Waals surface area contributed by atoms with Crippen molar-refractivity contribution in [1.82, 2.24) is 4.90 Å². The van der Waals surface area contributed by atoms with Crippen molar-refractivity contribution >= 4 is 17.7 Å². The maximum absolute atomic E-state index is 12.8. The lowest BCUT2D eigenvalue weighted by Crippen LogP contribution is -2.40. The fourth-order valence-corrected chi connectivity index (χ4v) is 5.05. The molecule has 23 heavy (non-hydrogen) atoms. The van der Waals surface area contributed by atoms with Gasteiger partial charge in [0.05, 0.1) is 18.3 Å². The Balaban J connectivity index is 1.44. The van der Waals surface area contributed by atoms with E-state index < -0.39 is 0 Å². The molecule has 4 heteroatoms. The number of allylic oxidation sites excluding steroid dienone is 2. The van der Waals surface area contributed by atoms with Gasteiger partial charge in [0.1, 0.15) is 0 Å². The molecule has 2 bridgehead atoms. The van der Waals surface area contributed by atoms with E-state index in [1.165, 1.54) is 0 Å². The van der Waals surface area contributed by atoms with E-state index in [1.807, 2.05) is 30.3 Å². The molecule has 5 aliphatic rings. The van der Waals surface area contributed by atoms with E-state index in [0.29, 0.717) is 11.8 Å². The number of imide groups is 3. The summed E-state index contributed by atoms with van der Waals surface area (Å²) in [6.07, 6.45) is 5.48. The zero-order valence-corrected chi connectivity index (χ0v) is 12.6. The van der Waals surface area contributed by atoms with Gasteiger partial charge in [0.25, 0.3) is 0 Å². The normalized spacial score (nSPS) is 39.4. The number of carbonyl (C=O) groups is 3. The number of carbonyl (C=O) groups excluding carboxylic acids is 3. The molecule has 0 aromatic heterocycles. The van der Waals surface area contributed by atoms with Gasteiger partial charge in [-0.15, -0.1) is 0 Å². The molecule has 0 radical (unpaired) electrons. The molecule has 1 aliphatic heterocycles. The first kappa shape index (κ1) is 13.2. The van der Waals surface area contributed by atoms with E-state index in [4.69, 9.17) is 0 Å². The van der Waals surface area contributed by atoms with Gasteiger partial charge in [-0.1, -0.05) is 42.5 Å². The molecule has 1 heterocycles. The van der Waals surface area contributed by atoms with Gasteiger partial charge in [0.15, 0.2) is 0 Å². The molecule has 1 aromatic rings. The van der Waals surface area contributed by atoms with E-state index >= 15 is 0 Å². The molecular weight excluding hydrogens is 290 g/mol. The first-order valence-electron chi connectivity index (χ1n) is 8.29. The predicted molar refractivity (Wildman–Crippen MR) is 81.7 cm³/mol. The van der Waals surface area contributed by atoms with E-state index in [9.17, 15) is 14.4 Å². The van der Waals surface area contributed by atoms with Gasteiger partial charge in [-0.25, -0.2) is 4.90 Å². The maximum Gasteiger partial charge on any atom is 0.240 e. The lowest BCUT2D eigenvalue weighted by Gasteiger charge is -2.37. The second-order valence-corrected chi connectivity index (χ2v) is 7.22. The maximum atomic E-state index is 12.8. The predicted octanol–water partition coefficient (Wildman–Crippen LogP) is 1.81. The minimum atomic E-state index is -0.381. The van der Waals surface area contributed by atoms with Crippen LogP contribution < -0.4 is 0 Å². The van der Waals surface area contributed by atoms with Crippen LogP contribution in [-0.4, -0.2) is 22.6 Å². The molecule has 4 nitrogen and oxygen atoms in total. The van der Waals surface area contributed by atoms with Crippen LogP contribution >= 0.6 is 0 Å². The topological polar surface area (TPSA) is 54.5 Å². The Morgan fingerprint density at radius 3 is 2.09 bits per heavy atom. The summed E-state index contributed by atoms with van der Waals surface area (Å²) in [5.74, 6) is -0.0202. The Morgan fingerprint density at radius 1 is 0.957 bits per heavy atom. The van der Waals surface area contributed by atoms with Gasteiger partial charge in [0, 0.05) is 0 Å².